The number of unbranched alkanes of at least 4 members (excludes halogenated alkanes) is 1. The van der Waals surface area contributed by atoms with Gasteiger partial charge in [0.15, 0.2) is 8.32 Å². The van der Waals surface area contributed by atoms with Crippen LogP contribution in [0, 0.1) is 0 Å². The minimum Gasteiger partial charge on any atom is -0.417 e. The van der Waals surface area contributed by atoms with E-state index < -0.39 is 15.5 Å². The van der Waals surface area contributed by atoms with Crippen molar-refractivity contribution in [2.75, 3.05) is 12.4 Å². The molecule has 0 fully saturated rings. The summed E-state index contributed by atoms with van der Waals surface area (Å²) >= 11 is 2.33. The van der Waals surface area contributed by atoms with Gasteiger partial charge in [0.2, 0.25) is 0 Å². The zero-order valence-electron chi connectivity index (χ0n) is 13.5. The molecule has 0 saturated carbocycles. The van der Waals surface area contributed by atoms with Crippen molar-refractivity contribution in [2.45, 2.75) is 77.8 Å². The van der Waals surface area contributed by atoms with Crippen molar-refractivity contribution >= 4 is 26.8 Å². The van der Waals surface area contributed by atoms with E-state index in [-0.39, 0.29) is 0 Å². The van der Waals surface area contributed by atoms with Crippen LogP contribution in [0.1, 0.15) is 40.5 Å². The normalized spacial score (nSPS) is 13.0. The van der Waals surface area contributed by atoms with Gasteiger partial charge in [-0.25, -0.2) is 0 Å². The van der Waals surface area contributed by atoms with Crippen LogP contribution in [0.4, 0.5) is 0 Å². The summed E-state index contributed by atoms with van der Waals surface area (Å²) < 4.78 is 6.13. The fraction of sp³-hybridized carbons (Fsp3) is 1.00. The molecule has 0 aliphatic rings. The average molecular weight is 307 g/mol. The van der Waals surface area contributed by atoms with Gasteiger partial charge in [-0.2, -0.15) is 11.2 Å². The van der Waals surface area contributed by atoms with Gasteiger partial charge in [-0.1, -0.05) is 52.2 Å². The highest BCUT2D eigenvalue weighted by molar-refractivity contribution is 8.29. The predicted octanol–water partition coefficient (Wildman–Crippen LogP) is 5.75. The molecule has 0 atom stereocenters. The summed E-state index contributed by atoms with van der Waals surface area (Å²) in [6.07, 6.45) is 2.47. The average Bonchev–Trinajstić information content (AvgIpc) is 2.35. The fourth-order valence-corrected chi connectivity index (χ4v) is 12.0. The zero-order valence-corrected chi connectivity index (χ0v) is 16.3. The Hall–Kier alpha value is 0.744. The lowest BCUT2D eigenvalue weighted by Gasteiger charge is -2.29. The van der Waals surface area contributed by atoms with Gasteiger partial charge >= 0.3 is 0 Å². The van der Waals surface area contributed by atoms with Crippen molar-refractivity contribution < 1.29 is 4.43 Å². The third-order valence-electron chi connectivity index (χ3n) is 4.04. The maximum atomic E-state index is 6.13. The molecule has 18 heavy (non-hydrogen) atoms. The second kappa shape index (κ2) is 9.62. The van der Waals surface area contributed by atoms with E-state index in [0.717, 1.165) is 6.61 Å². The molecule has 0 spiro atoms. The first-order chi connectivity index (χ1) is 8.45. The summed E-state index contributed by atoms with van der Waals surface area (Å²) in [6.45, 7) is 15.2. The Labute approximate surface area is 121 Å². The molecule has 0 rings (SSSR count). The van der Waals surface area contributed by atoms with E-state index in [1.54, 1.807) is 0 Å². The van der Waals surface area contributed by atoms with E-state index in [9.17, 15) is 0 Å². The van der Waals surface area contributed by atoms with Gasteiger partial charge in [-0.3, -0.25) is 0 Å². The van der Waals surface area contributed by atoms with Gasteiger partial charge in [0.25, 0.3) is 0 Å². The lowest BCUT2D eigenvalue weighted by molar-refractivity contribution is 0.300. The van der Waals surface area contributed by atoms with Crippen LogP contribution in [0.2, 0.25) is 37.3 Å². The van der Waals surface area contributed by atoms with Crippen LogP contribution in [-0.2, 0) is 4.43 Å². The maximum Gasteiger partial charge on any atom is 0.187 e. The maximum absolute atomic E-state index is 6.13. The molecule has 1 nitrogen and oxygen atoms in total. The minimum atomic E-state index is -1.38. The molecule has 0 aromatic rings. The summed E-state index contributed by atoms with van der Waals surface area (Å²) in [7, 11) is -2.35. The van der Waals surface area contributed by atoms with Crippen LogP contribution in [0.5, 0.6) is 0 Å². The monoisotopic (exact) mass is 306 g/mol. The molecule has 0 aliphatic heterocycles. The van der Waals surface area contributed by atoms with Gasteiger partial charge < -0.3 is 4.43 Å². The van der Waals surface area contributed by atoms with Crippen LogP contribution in [0.15, 0.2) is 0 Å². The zero-order chi connectivity index (χ0) is 14.1. The Bertz CT molecular complexity index is 198. The van der Waals surface area contributed by atoms with Gasteiger partial charge in [0.1, 0.15) is 7.22 Å². The van der Waals surface area contributed by atoms with Crippen molar-refractivity contribution in [1.29, 1.82) is 0 Å². The topological polar surface area (TPSA) is 9.23 Å². The molecule has 0 aromatic heterocycles. The second-order valence-corrected chi connectivity index (χ2v) is 18.8. The lowest BCUT2D eigenvalue weighted by atomic mass is 10.4. The minimum absolute atomic E-state index is 0.972. The Morgan fingerprint density at radius 3 is 1.94 bits per heavy atom. The highest BCUT2D eigenvalue weighted by Crippen LogP contribution is 2.34. The highest BCUT2D eigenvalue weighted by atomic mass is 32.4. The largest absolute Gasteiger partial charge is 0.417 e. The first-order valence-electron chi connectivity index (χ1n) is 7.73. The summed E-state index contributed by atoms with van der Waals surface area (Å²) in [5.41, 5.74) is 0. The Balaban J connectivity index is 4.00. The van der Waals surface area contributed by atoms with Crippen LogP contribution < -0.4 is 0 Å². The lowest BCUT2D eigenvalue weighted by Crippen LogP contribution is -2.33. The molecule has 0 aromatic carbocycles. The van der Waals surface area contributed by atoms with E-state index in [4.69, 9.17) is 4.43 Å². The molecule has 0 unspecified atom stereocenters. The summed E-state index contributed by atoms with van der Waals surface area (Å²) in [6, 6.07) is 5.63. The summed E-state index contributed by atoms with van der Waals surface area (Å²) in [5, 5.41) is 0. The third kappa shape index (κ3) is 7.36. The molecular weight excluding hydrogens is 272 g/mol. The summed E-state index contributed by atoms with van der Waals surface area (Å²) in [4.78, 5) is 0. The van der Waals surface area contributed by atoms with E-state index in [2.05, 4.69) is 52.0 Å². The molecule has 0 heterocycles. The Morgan fingerprint density at radius 1 is 0.944 bits per heavy atom. The van der Waals surface area contributed by atoms with Gasteiger partial charge in [-0.05, 0) is 31.3 Å². The molecule has 0 aliphatic carbocycles. The second-order valence-electron chi connectivity index (χ2n) is 5.80. The third-order valence-corrected chi connectivity index (χ3v) is 16.8. The van der Waals surface area contributed by atoms with Gasteiger partial charge in [0, 0.05) is 6.61 Å². The SMILES string of the molecule is CCCCO[Si](C)(C)CCS[Si](CC)(CC)CC. The van der Waals surface area contributed by atoms with Crippen molar-refractivity contribution in [3.63, 3.8) is 0 Å². The van der Waals surface area contributed by atoms with Gasteiger partial charge in [0.05, 0.1) is 0 Å². The van der Waals surface area contributed by atoms with E-state index in [1.807, 2.05) is 0 Å². The van der Waals surface area contributed by atoms with E-state index in [0.29, 0.717) is 0 Å². The number of hydrogen-bond acceptors (Lipinski definition) is 2. The van der Waals surface area contributed by atoms with E-state index >= 15 is 0 Å². The Morgan fingerprint density at radius 2 is 1.50 bits per heavy atom. The van der Waals surface area contributed by atoms with Crippen LogP contribution >= 0.6 is 11.2 Å². The quantitative estimate of drug-likeness (QED) is 0.355. The molecule has 0 amide bonds. The number of rotatable bonds is 11. The van der Waals surface area contributed by atoms with E-state index in [1.165, 1.54) is 42.8 Å². The molecular formula is C14H34OSSi2. The molecule has 0 N–H and O–H groups in total. The Kier molecular flexibility index (Phi) is 10.0. The smallest absolute Gasteiger partial charge is 0.187 e. The molecule has 110 valence electrons. The van der Waals surface area contributed by atoms with Crippen LogP contribution in [0.25, 0.3) is 0 Å². The first-order valence-corrected chi connectivity index (χ1v) is 15.2. The molecule has 0 radical (unpaired) electrons. The molecule has 4 heteroatoms. The van der Waals surface area contributed by atoms with Crippen LogP contribution in [-0.4, -0.2) is 27.9 Å². The van der Waals surface area contributed by atoms with Crippen molar-refractivity contribution in [3.05, 3.63) is 0 Å². The highest BCUT2D eigenvalue weighted by Gasteiger charge is 2.29. The standard InChI is InChI=1S/C14H34OSSi2/c1-7-11-12-15-17(5,6)14-13-16-18(8-2,9-3)10-4/h7-14H2,1-6H3. The van der Waals surface area contributed by atoms with Crippen molar-refractivity contribution in [1.82, 2.24) is 0 Å². The van der Waals surface area contributed by atoms with Crippen LogP contribution in [0.3, 0.4) is 0 Å². The summed E-state index contributed by atoms with van der Waals surface area (Å²) in [5.74, 6) is 1.34. The molecule has 0 saturated heterocycles. The van der Waals surface area contributed by atoms with Gasteiger partial charge in [-0.15, -0.1) is 0 Å². The molecule has 0 bridgehead atoms. The van der Waals surface area contributed by atoms with Crippen molar-refractivity contribution in [2.24, 2.45) is 0 Å². The fourth-order valence-electron chi connectivity index (χ4n) is 2.13. The number of hydrogen-bond donors (Lipinski definition) is 0. The predicted molar refractivity (Wildman–Crippen MR) is 92.8 cm³/mol. The van der Waals surface area contributed by atoms with Crippen molar-refractivity contribution in [3.8, 4) is 0 Å². The first kappa shape index (κ1) is 18.7.